The van der Waals surface area contributed by atoms with Crippen molar-refractivity contribution in [2.45, 2.75) is 27.0 Å². The van der Waals surface area contributed by atoms with Crippen LogP contribution in [0.5, 0.6) is 0 Å². The van der Waals surface area contributed by atoms with E-state index in [2.05, 4.69) is 24.1 Å². The van der Waals surface area contributed by atoms with Gasteiger partial charge in [0.2, 0.25) is 0 Å². The lowest BCUT2D eigenvalue weighted by molar-refractivity contribution is 0.181. The summed E-state index contributed by atoms with van der Waals surface area (Å²) < 4.78 is 5.23. The summed E-state index contributed by atoms with van der Waals surface area (Å²) >= 11 is 1.73. The first-order valence-electron chi connectivity index (χ1n) is 6.35. The maximum Gasteiger partial charge on any atom is 0.124 e. The van der Waals surface area contributed by atoms with Crippen molar-refractivity contribution in [1.82, 2.24) is 15.3 Å². The van der Waals surface area contributed by atoms with Crippen LogP contribution in [0.1, 0.15) is 23.1 Å². The number of aromatic nitrogens is 2. The highest BCUT2D eigenvalue weighted by Gasteiger charge is 2.13. The second kappa shape index (κ2) is 6.75. The molecule has 102 valence electrons. The molecular weight excluding hydrogens is 258 g/mol. The van der Waals surface area contributed by atoms with Crippen LogP contribution in [0.15, 0.2) is 18.5 Å². The van der Waals surface area contributed by atoms with Gasteiger partial charge in [-0.2, -0.15) is 0 Å². The van der Waals surface area contributed by atoms with Gasteiger partial charge in [0.05, 0.1) is 12.3 Å². The molecule has 2 aromatic heterocycles. The summed E-state index contributed by atoms with van der Waals surface area (Å²) in [7, 11) is 1.70. The quantitative estimate of drug-likeness (QED) is 0.882. The van der Waals surface area contributed by atoms with Gasteiger partial charge in [0, 0.05) is 36.5 Å². The Labute approximate surface area is 117 Å². The van der Waals surface area contributed by atoms with E-state index in [1.807, 2.05) is 18.5 Å². The van der Waals surface area contributed by atoms with Gasteiger partial charge in [-0.15, -0.1) is 11.3 Å². The number of hydrogen-bond donors (Lipinski definition) is 1. The van der Waals surface area contributed by atoms with Gasteiger partial charge in [0.1, 0.15) is 5.01 Å². The molecule has 0 atom stereocenters. The summed E-state index contributed by atoms with van der Waals surface area (Å²) in [6, 6.07) is 2.02. The molecule has 4 nitrogen and oxygen atoms in total. The molecule has 19 heavy (non-hydrogen) atoms. The number of methoxy groups -OCH3 is 1. The van der Waals surface area contributed by atoms with E-state index in [0.717, 1.165) is 34.9 Å². The second-order valence-corrected chi connectivity index (χ2v) is 5.38. The van der Waals surface area contributed by atoms with Crippen LogP contribution in [0.2, 0.25) is 0 Å². The van der Waals surface area contributed by atoms with Crippen molar-refractivity contribution in [2.75, 3.05) is 13.7 Å². The van der Waals surface area contributed by atoms with Gasteiger partial charge in [-0.05, 0) is 25.1 Å². The van der Waals surface area contributed by atoms with Crippen LogP contribution in [-0.2, 0) is 17.9 Å². The van der Waals surface area contributed by atoms with Gasteiger partial charge in [-0.3, -0.25) is 4.98 Å². The van der Waals surface area contributed by atoms with Gasteiger partial charge < -0.3 is 10.1 Å². The van der Waals surface area contributed by atoms with E-state index in [4.69, 9.17) is 9.72 Å². The zero-order valence-corrected chi connectivity index (χ0v) is 12.4. The number of aryl methyl sites for hydroxylation is 1. The van der Waals surface area contributed by atoms with Crippen LogP contribution in [0, 0.1) is 6.92 Å². The third-order valence-corrected chi connectivity index (χ3v) is 3.98. The van der Waals surface area contributed by atoms with Crippen molar-refractivity contribution in [3.63, 3.8) is 0 Å². The molecule has 0 aromatic carbocycles. The van der Waals surface area contributed by atoms with E-state index in [1.54, 1.807) is 18.4 Å². The molecule has 0 aliphatic rings. The first-order chi connectivity index (χ1) is 9.26. The van der Waals surface area contributed by atoms with E-state index in [1.165, 1.54) is 4.88 Å². The number of nitrogens with zero attached hydrogens (tertiary/aromatic N) is 2. The van der Waals surface area contributed by atoms with Gasteiger partial charge in [-0.1, -0.05) is 6.92 Å². The minimum atomic E-state index is 0.557. The Kier molecular flexibility index (Phi) is 5.01. The second-order valence-electron chi connectivity index (χ2n) is 4.29. The summed E-state index contributed by atoms with van der Waals surface area (Å²) in [4.78, 5) is 10.1. The van der Waals surface area contributed by atoms with Crippen molar-refractivity contribution in [3.05, 3.63) is 34.6 Å². The largest absolute Gasteiger partial charge is 0.378 e. The standard InChI is InChI=1S/C14H19N3OS/c1-4-15-8-13-12(9-18-3)17-14(19-13)11-5-6-16-7-10(11)2/h5-7,15H,4,8-9H2,1-3H3. The molecule has 1 N–H and O–H groups in total. The molecule has 0 amide bonds. The van der Waals surface area contributed by atoms with Gasteiger partial charge >= 0.3 is 0 Å². The Morgan fingerprint density at radius 3 is 2.95 bits per heavy atom. The van der Waals surface area contributed by atoms with Gasteiger partial charge in [-0.25, -0.2) is 4.98 Å². The molecule has 0 radical (unpaired) electrons. The maximum absolute atomic E-state index is 5.23. The highest BCUT2D eigenvalue weighted by Crippen LogP contribution is 2.30. The van der Waals surface area contributed by atoms with Crippen LogP contribution in [0.4, 0.5) is 0 Å². The third-order valence-electron chi connectivity index (χ3n) is 2.85. The molecule has 2 heterocycles. The Hall–Kier alpha value is -1.30. The summed E-state index contributed by atoms with van der Waals surface area (Å²) in [6.07, 6.45) is 3.68. The molecule has 0 fully saturated rings. The van der Waals surface area contributed by atoms with Crippen LogP contribution in [0.25, 0.3) is 10.6 Å². The molecule has 2 rings (SSSR count). The van der Waals surface area contributed by atoms with Crippen LogP contribution >= 0.6 is 11.3 Å². The minimum absolute atomic E-state index is 0.557. The van der Waals surface area contributed by atoms with Crippen molar-refractivity contribution in [3.8, 4) is 10.6 Å². The molecule has 0 saturated heterocycles. The lowest BCUT2D eigenvalue weighted by Crippen LogP contribution is -2.12. The van der Waals surface area contributed by atoms with E-state index in [-0.39, 0.29) is 0 Å². The van der Waals surface area contributed by atoms with Gasteiger partial charge in [0.25, 0.3) is 0 Å². The number of nitrogens with one attached hydrogen (secondary N) is 1. The van der Waals surface area contributed by atoms with Crippen LogP contribution in [0.3, 0.4) is 0 Å². The first kappa shape index (κ1) is 14.1. The van der Waals surface area contributed by atoms with Crippen molar-refractivity contribution in [2.24, 2.45) is 0 Å². The zero-order chi connectivity index (χ0) is 13.7. The van der Waals surface area contributed by atoms with Crippen LogP contribution in [-0.4, -0.2) is 23.6 Å². The number of pyridine rings is 1. The fourth-order valence-electron chi connectivity index (χ4n) is 1.84. The Balaban J connectivity index is 2.34. The highest BCUT2D eigenvalue weighted by molar-refractivity contribution is 7.15. The zero-order valence-electron chi connectivity index (χ0n) is 11.6. The molecule has 0 bridgehead atoms. The summed E-state index contributed by atoms with van der Waals surface area (Å²) in [5.74, 6) is 0. The lowest BCUT2D eigenvalue weighted by Gasteiger charge is -2.00. The Morgan fingerprint density at radius 2 is 2.26 bits per heavy atom. The molecule has 0 saturated carbocycles. The third kappa shape index (κ3) is 3.37. The number of hydrogen-bond acceptors (Lipinski definition) is 5. The molecule has 5 heteroatoms. The number of ether oxygens (including phenoxy) is 1. The smallest absolute Gasteiger partial charge is 0.124 e. The van der Waals surface area contributed by atoms with Crippen molar-refractivity contribution >= 4 is 11.3 Å². The SMILES string of the molecule is CCNCc1sc(-c2ccncc2C)nc1COC. The molecule has 0 aliphatic carbocycles. The fraction of sp³-hybridized carbons (Fsp3) is 0.429. The molecule has 2 aromatic rings. The lowest BCUT2D eigenvalue weighted by atomic mass is 10.2. The monoisotopic (exact) mass is 277 g/mol. The molecule has 0 unspecified atom stereocenters. The van der Waals surface area contributed by atoms with E-state index in [0.29, 0.717) is 6.61 Å². The van der Waals surface area contributed by atoms with E-state index < -0.39 is 0 Å². The minimum Gasteiger partial charge on any atom is -0.378 e. The van der Waals surface area contributed by atoms with Crippen molar-refractivity contribution in [1.29, 1.82) is 0 Å². The topological polar surface area (TPSA) is 47.0 Å². The first-order valence-corrected chi connectivity index (χ1v) is 7.17. The Bertz CT molecular complexity index is 539. The number of thiazole rings is 1. The molecular formula is C14H19N3OS. The van der Waals surface area contributed by atoms with E-state index >= 15 is 0 Å². The summed E-state index contributed by atoms with van der Waals surface area (Å²) in [6.45, 7) is 6.51. The normalized spacial score (nSPS) is 10.9. The molecule has 0 aliphatic heterocycles. The predicted octanol–water partition coefficient (Wildman–Crippen LogP) is 2.77. The maximum atomic E-state index is 5.23. The van der Waals surface area contributed by atoms with Gasteiger partial charge in [0.15, 0.2) is 0 Å². The average molecular weight is 277 g/mol. The van der Waals surface area contributed by atoms with Crippen molar-refractivity contribution < 1.29 is 4.74 Å². The van der Waals surface area contributed by atoms with E-state index in [9.17, 15) is 0 Å². The fourth-order valence-corrected chi connectivity index (χ4v) is 2.96. The highest BCUT2D eigenvalue weighted by atomic mass is 32.1. The molecule has 0 spiro atoms. The summed E-state index contributed by atoms with van der Waals surface area (Å²) in [5, 5.41) is 4.39. The average Bonchev–Trinajstić information content (AvgIpc) is 2.80. The number of rotatable bonds is 6. The predicted molar refractivity (Wildman–Crippen MR) is 78.2 cm³/mol. The van der Waals surface area contributed by atoms with Crippen LogP contribution < -0.4 is 5.32 Å². The summed E-state index contributed by atoms with van der Waals surface area (Å²) in [5.41, 5.74) is 3.33. The Morgan fingerprint density at radius 1 is 1.42 bits per heavy atom.